The van der Waals surface area contributed by atoms with Gasteiger partial charge in [0.25, 0.3) is 0 Å². The van der Waals surface area contributed by atoms with Gasteiger partial charge in [-0.05, 0) is 52.8 Å². The zero-order valence-corrected chi connectivity index (χ0v) is 16.7. The van der Waals surface area contributed by atoms with Gasteiger partial charge in [0.15, 0.2) is 0 Å². The molecule has 0 fully saturated rings. The number of hydrogen-bond acceptors (Lipinski definition) is 6. The standard InChI is InChI=1S/C21H25NO6/c1-6-26-16-9-13(19(23)24)10-17(27-7-2)18(16)14-8-15(12-22-11-14)20(25)28-21(3,4)5/h8-12H,6-7H2,1-5H3,(H,23,24). The van der Waals surface area contributed by atoms with Crippen LogP contribution in [-0.2, 0) is 4.74 Å². The number of carbonyl (C=O) groups is 2. The van der Waals surface area contributed by atoms with E-state index < -0.39 is 17.5 Å². The fourth-order valence-electron chi connectivity index (χ4n) is 2.56. The van der Waals surface area contributed by atoms with Crippen molar-refractivity contribution in [2.75, 3.05) is 13.2 Å². The van der Waals surface area contributed by atoms with Gasteiger partial charge in [0, 0.05) is 18.0 Å². The number of aromatic carboxylic acids is 1. The highest BCUT2D eigenvalue weighted by Gasteiger charge is 2.22. The van der Waals surface area contributed by atoms with E-state index in [1.807, 2.05) is 0 Å². The van der Waals surface area contributed by atoms with Crippen molar-refractivity contribution in [2.24, 2.45) is 0 Å². The van der Waals surface area contributed by atoms with Crippen molar-refractivity contribution < 1.29 is 28.9 Å². The molecule has 0 saturated heterocycles. The number of hydrogen-bond donors (Lipinski definition) is 1. The molecule has 0 saturated carbocycles. The Morgan fingerprint density at radius 1 is 0.964 bits per heavy atom. The minimum atomic E-state index is -1.09. The summed E-state index contributed by atoms with van der Waals surface area (Å²) in [5.41, 5.74) is 0.786. The molecule has 7 heteroatoms. The highest BCUT2D eigenvalue weighted by atomic mass is 16.6. The minimum Gasteiger partial charge on any atom is -0.493 e. The van der Waals surface area contributed by atoms with Gasteiger partial charge in [0.05, 0.1) is 29.9 Å². The van der Waals surface area contributed by atoms with Crippen LogP contribution < -0.4 is 9.47 Å². The zero-order chi connectivity index (χ0) is 20.9. The lowest BCUT2D eigenvalue weighted by atomic mass is 10.0. The SMILES string of the molecule is CCOc1cc(C(=O)O)cc(OCC)c1-c1cncc(C(=O)OC(C)(C)C)c1. The highest BCUT2D eigenvalue weighted by molar-refractivity contribution is 5.94. The van der Waals surface area contributed by atoms with Crippen LogP contribution in [0.15, 0.2) is 30.6 Å². The molecule has 150 valence electrons. The molecule has 0 aliphatic rings. The van der Waals surface area contributed by atoms with Gasteiger partial charge in [0.2, 0.25) is 0 Å². The second kappa shape index (κ2) is 8.73. The molecule has 2 rings (SSSR count). The summed E-state index contributed by atoms with van der Waals surface area (Å²) in [7, 11) is 0. The summed E-state index contributed by atoms with van der Waals surface area (Å²) in [5.74, 6) is -0.906. The monoisotopic (exact) mass is 387 g/mol. The summed E-state index contributed by atoms with van der Waals surface area (Å²) in [6.45, 7) is 9.62. The molecule has 0 bridgehead atoms. The van der Waals surface area contributed by atoms with Gasteiger partial charge in [-0.2, -0.15) is 0 Å². The molecule has 1 N–H and O–H groups in total. The van der Waals surface area contributed by atoms with E-state index in [1.54, 1.807) is 46.9 Å². The third-order valence-electron chi connectivity index (χ3n) is 3.57. The highest BCUT2D eigenvalue weighted by Crippen LogP contribution is 2.40. The molecule has 0 spiro atoms. The van der Waals surface area contributed by atoms with Crippen LogP contribution in [-0.4, -0.2) is 40.8 Å². The maximum absolute atomic E-state index is 12.4. The zero-order valence-electron chi connectivity index (χ0n) is 16.7. The second-order valence-electron chi connectivity index (χ2n) is 6.98. The van der Waals surface area contributed by atoms with Crippen molar-refractivity contribution in [3.63, 3.8) is 0 Å². The first-order valence-electron chi connectivity index (χ1n) is 9.02. The summed E-state index contributed by atoms with van der Waals surface area (Å²) < 4.78 is 16.7. The van der Waals surface area contributed by atoms with E-state index >= 15 is 0 Å². The van der Waals surface area contributed by atoms with Crippen molar-refractivity contribution in [3.8, 4) is 22.6 Å². The summed E-state index contributed by atoms with van der Waals surface area (Å²) in [4.78, 5) is 28.0. The van der Waals surface area contributed by atoms with E-state index in [4.69, 9.17) is 14.2 Å². The first kappa shape index (κ1) is 21.2. The van der Waals surface area contributed by atoms with Crippen LogP contribution in [0.3, 0.4) is 0 Å². The Bertz CT molecular complexity index is 842. The summed E-state index contributed by atoms with van der Waals surface area (Å²) in [6, 6.07) is 4.50. The number of aromatic nitrogens is 1. The van der Waals surface area contributed by atoms with E-state index in [0.29, 0.717) is 35.8 Å². The predicted molar refractivity (Wildman–Crippen MR) is 104 cm³/mol. The molecule has 1 heterocycles. The molecular weight excluding hydrogens is 362 g/mol. The van der Waals surface area contributed by atoms with E-state index in [2.05, 4.69) is 4.98 Å². The van der Waals surface area contributed by atoms with E-state index in [0.717, 1.165) is 0 Å². The Kier molecular flexibility index (Phi) is 6.62. The fraction of sp³-hybridized carbons (Fsp3) is 0.381. The molecule has 7 nitrogen and oxygen atoms in total. The molecule has 0 radical (unpaired) electrons. The van der Waals surface area contributed by atoms with E-state index in [-0.39, 0.29) is 11.1 Å². The predicted octanol–water partition coefficient (Wildman–Crippen LogP) is 4.20. The van der Waals surface area contributed by atoms with Crippen molar-refractivity contribution in [1.29, 1.82) is 0 Å². The Hall–Kier alpha value is -3.09. The number of benzene rings is 1. The van der Waals surface area contributed by atoms with Crippen LogP contribution >= 0.6 is 0 Å². The smallest absolute Gasteiger partial charge is 0.340 e. The Morgan fingerprint density at radius 3 is 2.00 bits per heavy atom. The molecule has 1 aromatic carbocycles. The Balaban J connectivity index is 2.61. The number of carboxylic acid groups (broad SMARTS) is 1. The van der Waals surface area contributed by atoms with Crippen LogP contribution in [0.5, 0.6) is 11.5 Å². The normalized spacial score (nSPS) is 11.0. The number of esters is 1. The molecule has 1 aromatic heterocycles. The third-order valence-corrected chi connectivity index (χ3v) is 3.57. The topological polar surface area (TPSA) is 95.0 Å². The lowest BCUT2D eigenvalue weighted by molar-refractivity contribution is 0.00689. The lowest BCUT2D eigenvalue weighted by Gasteiger charge is -2.20. The maximum Gasteiger partial charge on any atom is 0.340 e. The van der Waals surface area contributed by atoms with Crippen molar-refractivity contribution in [1.82, 2.24) is 4.98 Å². The van der Waals surface area contributed by atoms with Gasteiger partial charge < -0.3 is 19.3 Å². The molecule has 0 amide bonds. The van der Waals surface area contributed by atoms with Crippen LogP contribution in [0.2, 0.25) is 0 Å². The maximum atomic E-state index is 12.4. The first-order valence-corrected chi connectivity index (χ1v) is 9.02. The molecular formula is C21H25NO6. The molecule has 0 aliphatic carbocycles. The molecule has 0 atom stereocenters. The molecule has 28 heavy (non-hydrogen) atoms. The van der Waals surface area contributed by atoms with Gasteiger partial charge in [-0.1, -0.05) is 0 Å². The summed E-state index contributed by atoms with van der Waals surface area (Å²) >= 11 is 0. The summed E-state index contributed by atoms with van der Waals surface area (Å²) in [6.07, 6.45) is 2.98. The van der Waals surface area contributed by atoms with Crippen LogP contribution in [0.25, 0.3) is 11.1 Å². The van der Waals surface area contributed by atoms with Crippen LogP contribution in [0.4, 0.5) is 0 Å². The van der Waals surface area contributed by atoms with Gasteiger partial charge >= 0.3 is 11.9 Å². The van der Waals surface area contributed by atoms with E-state index in [1.165, 1.54) is 18.3 Å². The average Bonchev–Trinajstić information content (AvgIpc) is 2.60. The van der Waals surface area contributed by atoms with Gasteiger partial charge in [-0.15, -0.1) is 0 Å². The van der Waals surface area contributed by atoms with E-state index in [9.17, 15) is 14.7 Å². The summed E-state index contributed by atoms with van der Waals surface area (Å²) in [5, 5.41) is 9.37. The van der Waals surface area contributed by atoms with Gasteiger partial charge in [-0.3, -0.25) is 4.98 Å². The number of carboxylic acids is 1. The van der Waals surface area contributed by atoms with Gasteiger partial charge in [0.1, 0.15) is 17.1 Å². The number of nitrogens with zero attached hydrogens (tertiary/aromatic N) is 1. The Labute approximate surface area is 164 Å². The first-order chi connectivity index (χ1) is 13.2. The lowest BCUT2D eigenvalue weighted by Crippen LogP contribution is -2.24. The van der Waals surface area contributed by atoms with Crippen LogP contribution in [0.1, 0.15) is 55.3 Å². The quantitative estimate of drug-likeness (QED) is 0.711. The minimum absolute atomic E-state index is 0.0481. The number of ether oxygens (including phenoxy) is 3. The van der Waals surface area contributed by atoms with Gasteiger partial charge in [-0.25, -0.2) is 9.59 Å². The fourth-order valence-corrected chi connectivity index (χ4v) is 2.56. The van der Waals surface area contributed by atoms with Crippen molar-refractivity contribution in [2.45, 2.75) is 40.2 Å². The Morgan fingerprint density at radius 2 is 1.54 bits per heavy atom. The third kappa shape index (κ3) is 5.22. The number of pyridine rings is 1. The van der Waals surface area contributed by atoms with Crippen molar-refractivity contribution in [3.05, 3.63) is 41.7 Å². The molecule has 2 aromatic rings. The van der Waals surface area contributed by atoms with Crippen molar-refractivity contribution >= 4 is 11.9 Å². The second-order valence-corrected chi connectivity index (χ2v) is 6.98. The number of rotatable bonds is 7. The molecule has 0 unspecified atom stereocenters. The molecule has 0 aliphatic heterocycles. The average molecular weight is 387 g/mol. The van der Waals surface area contributed by atoms with Crippen LogP contribution in [0, 0.1) is 0 Å². The number of carbonyl (C=O) groups excluding carboxylic acids is 1. The largest absolute Gasteiger partial charge is 0.493 e.